The Bertz CT molecular complexity index is 534. The summed E-state index contributed by atoms with van der Waals surface area (Å²) >= 11 is 0. The van der Waals surface area contributed by atoms with Gasteiger partial charge >= 0.3 is 6.61 Å². The lowest BCUT2D eigenvalue weighted by Crippen LogP contribution is -2.35. The molecule has 0 spiro atoms. The van der Waals surface area contributed by atoms with Crippen LogP contribution in [0.25, 0.3) is 0 Å². The highest BCUT2D eigenvalue weighted by atomic mass is 35.5. The van der Waals surface area contributed by atoms with Gasteiger partial charge in [0.2, 0.25) is 5.91 Å². The Morgan fingerprint density at radius 2 is 2.17 bits per heavy atom. The molecule has 1 aromatic rings. The van der Waals surface area contributed by atoms with Gasteiger partial charge in [-0.1, -0.05) is 6.07 Å². The fourth-order valence-corrected chi connectivity index (χ4v) is 2.28. The van der Waals surface area contributed by atoms with Crippen LogP contribution >= 0.6 is 12.4 Å². The molecule has 5 nitrogen and oxygen atoms in total. The molecule has 1 fully saturated rings. The van der Waals surface area contributed by atoms with Crippen LogP contribution in [0.1, 0.15) is 18.4 Å². The highest BCUT2D eigenvalue weighted by Gasteiger charge is 2.29. The second-order valence-electron chi connectivity index (χ2n) is 4.87. The van der Waals surface area contributed by atoms with Crippen molar-refractivity contribution in [2.45, 2.75) is 38.2 Å². The van der Waals surface area contributed by atoms with Gasteiger partial charge in [-0.05, 0) is 25.0 Å². The van der Waals surface area contributed by atoms with E-state index >= 15 is 0 Å². The number of rotatable bonds is 6. The quantitative estimate of drug-likeness (QED) is 0.819. The maximum absolute atomic E-state index is 13.7. The summed E-state index contributed by atoms with van der Waals surface area (Å²) in [5, 5.41) is 2.47. The molecule has 0 aromatic heterocycles. The molecule has 2 rings (SSSR count). The summed E-state index contributed by atoms with van der Waals surface area (Å²) in [6.45, 7) is -3.01. The zero-order valence-corrected chi connectivity index (χ0v) is 13.0. The van der Waals surface area contributed by atoms with Gasteiger partial charge < -0.3 is 20.5 Å². The predicted molar refractivity (Wildman–Crippen MR) is 79.1 cm³/mol. The van der Waals surface area contributed by atoms with Gasteiger partial charge in [0.05, 0.1) is 6.10 Å². The van der Waals surface area contributed by atoms with Gasteiger partial charge in [-0.15, -0.1) is 12.4 Å². The SMILES string of the molecule is Cl.NC[C@H]1CC[C@@H](C(=O)NCc2c(F)cccc2OC(F)F)O1. The average molecular weight is 355 g/mol. The number of nitrogens with one attached hydrogen (secondary N) is 1. The number of carbonyl (C=O) groups is 1. The van der Waals surface area contributed by atoms with E-state index in [9.17, 15) is 18.0 Å². The van der Waals surface area contributed by atoms with Gasteiger partial charge in [-0.2, -0.15) is 8.78 Å². The summed E-state index contributed by atoms with van der Waals surface area (Å²) < 4.78 is 48.0. The summed E-state index contributed by atoms with van der Waals surface area (Å²) in [5.41, 5.74) is 5.32. The molecule has 1 aromatic carbocycles. The van der Waals surface area contributed by atoms with Crippen molar-refractivity contribution < 1.29 is 27.4 Å². The van der Waals surface area contributed by atoms with E-state index in [1.54, 1.807) is 0 Å². The number of carbonyl (C=O) groups excluding carboxylic acids is 1. The number of hydrogen-bond acceptors (Lipinski definition) is 4. The van der Waals surface area contributed by atoms with Gasteiger partial charge in [-0.25, -0.2) is 4.39 Å². The summed E-state index contributed by atoms with van der Waals surface area (Å²) in [6.07, 6.45) is 0.376. The van der Waals surface area contributed by atoms with Crippen LogP contribution in [0.3, 0.4) is 0 Å². The van der Waals surface area contributed by atoms with Crippen LogP contribution in [0.15, 0.2) is 18.2 Å². The molecule has 1 saturated heterocycles. The van der Waals surface area contributed by atoms with Crippen molar-refractivity contribution in [2.24, 2.45) is 5.73 Å². The fourth-order valence-electron chi connectivity index (χ4n) is 2.28. The molecule has 0 saturated carbocycles. The second-order valence-corrected chi connectivity index (χ2v) is 4.87. The van der Waals surface area contributed by atoms with E-state index < -0.39 is 24.4 Å². The lowest BCUT2D eigenvalue weighted by atomic mass is 10.1. The molecule has 0 unspecified atom stereocenters. The average Bonchev–Trinajstić information content (AvgIpc) is 2.95. The van der Waals surface area contributed by atoms with Gasteiger partial charge in [0.25, 0.3) is 0 Å². The van der Waals surface area contributed by atoms with Crippen LogP contribution < -0.4 is 15.8 Å². The summed E-state index contributed by atoms with van der Waals surface area (Å²) in [4.78, 5) is 11.9. The molecular weight excluding hydrogens is 337 g/mol. The van der Waals surface area contributed by atoms with E-state index in [0.29, 0.717) is 19.4 Å². The Morgan fingerprint density at radius 3 is 2.78 bits per heavy atom. The first kappa shape index (κ1) is 19.5. The van der Waals surface area contributed by atoms with Crippen molar-refractivity contribution in [1.29, 1.82) is 0 Å². The Kier molecular flexibility index (Phi) is 7.60. The Morgan fingerprint density at radius 1 is 1.43 bits per heavy atom. The third kappa shape index (κ3) is 5.26. The van der Waals surface area contributed by atoms with Crippen molar-refractivity contribution in [1.82, 2.24) is 5.32 Å². The van der Waals surface area contributed by atoms with Crippen LogP contribution in [0.4, 0.5) is 13.2 Å². The molecule has 0 radical (unpaired) electrons. The van der Waals surface area contributed by atoms with Crippen molar-refractivity contribution in [3.05, 3.63) is 29.6 Å². The smallest absolute Gasteiger partial charge is 0.387 e. The first-order valence-electron chi connectivity index (χ1n) is 6.86. The molecule has 1 aliphatic heterocycles. The molecule has 9 heteroatoms. The lowest BCUT2D eigenvalue weighted by molar-refractivity contribution is -0.132. The number of benzene rings is 1. The molecule has 23 heavy (non-hydrogen) atoms. The molecule has 2 atom stereocenters. The fraction of sp³-hybridized carbons (Fsp3) is 0.500. The molecule has 0 aliphatic carbocycles. The van der Waals surface area contributed by atoms with Gasteiger partial charge in [0.1, 0.15) is 17.7 Å². The lowest BCUT2D eigenvalue weighted by Gasteiger charge is -2.15. The van der Waals surface area contributed by atoms with Gasteiger partial charge in [-0.3, -0.25) is 4.79 Å². The molecule has 0 bridgehead atoms. The van der Waals surface area contributed by atoms with Crippen molar-refractivity contribution >= 4 is 18.3 Å². The van der Waals surface area contributed by atoms with Gasteiger partial charge in [0.15, 0.2) is 0 Å². The van der Waals surface area contributed by atoms with E-state index in [1.807, 2.05) is 0 Å². The minimum Gasteiger partial charge on any atom is -0.434 e. The third-order valence-corrected chi connectivity index (χ3v) is 3.39. The molecular formula is C14H18ClF3N2O3. The number of hydrogen-bond donors (Lipinski definition) is 2. The van der Waals surface area contributed by atoms with Crippen LogP contribution in [0, 0.1) is 5.82 Å². The van der Waals surface area contributed by atoms with Crippen LogP contribution in [-0.2, 0) is 16.1 Å². The first-order valence-corrected chi connectivity index (χ1v) is 6.86. The van der Waals surface area contributed by atoms with E-state index in [2.05, 4.69) is 10.1 Å². The minimum atomic E-state index is -3.07. The van der Waals surface area contributed by atoms with E-state index in [-0.39, 0.29) is 36.4 Å². The van der Waals surface area contributed by atoms with Crippen molar-refractivity contribution in [3.8, 4) is 5.75 Å². The largest absolute Gasteiger partial charge is 0.434 e. The first-order chi connectivity index (χ1) is 10.5. The minimum absolute atomic E-state index is 0. The Balaban J connectivity index is 0.00000264. The number of amides is 1. The zero-order chi connectivity index (χ0) is 16.1. The topological polar surface area (TPSA) is 73.6 Å². The van der Waals surface area contributed by atoms with E-state index in [1.165, 1.54) is 12.1 Å². The Hall–Kier alpha value is -1.51. The standard InChI is InChI=1S/C14H17F3N2O3.ClH/c15-10-2-1-3-11(22-14(16)17)9(10)7-19-13(20)12-5-4-8(6-18)21-12;/h1-3,8,12,14H,4-7,18H2,(H,19,20);1H/t8-,12+;/m1./s1. The Labute approximate surface area is 137 Å². The monoisotopic (exact) mass is 354 g/mol. The molecule has 1 aliphatic rings. The van der Waals surface area contributed by atoms with E-state index in [0.717, 1.165) is 6.07 Å². The number of halogens is 4. The van der Waals surface area contributed by atoms with Crippen LogP contribution in [0.5, 0.6) is 5.75 Å². The normalized spacial score (nSPS) is 20.2. The van der Waals surface area contributed by atoms with Crippen LogP contribution in [0.2, 0.25) is 0 Å². The zero-order valence-electron chi connectivity index (χ0n) is 12.1. The van der Waals surface area contributed by atoms with Crippen molar-refractivity contribution in [2.75, 3.05) is 6.54 Å². The summed E-state index contributed by atoms with van der Waals surface area (Å²) in [5.74, 6) is -1.46. The molecule has 1 amide bonds. The number of nitrogens with two attached hydrogens (primary N) is 1. The number of alkyl halides is 2. The highest BCUT2D eigenvalue weighted by Crippen LogP contribution is 2.24. The van der Waals surface area contributed by atoms with E-state index in [4.69, 9.17) is 10.5 Å². The summed E-state index contributed by atoms with van der Waals surface area (Å²) in [6, 6.07) is 3.58. The predicted octanol–water partition coefficient (Wildman–Crippen LogP) is 1.97. The maximum atomic E-state index is 13.7. The van der Waals surface area contributed by atoms with Gasteiger partial charge in [0, 0.05) is 18.7 Å². The summed E-state index contributed by atoms with van der Waals surface area (Å²) in [7, 11) is 0. The number of ether oxygens (including phenoxy) is 2. The molecule has 130 valence electrons. The third-order valence-electron chi connectivity index (χ3n) is 3.39. The second kappa shape index (κ2) is 8.95. The van der Waals surface area contributed by atoms with Crippen molar-refractivity contribution in [3.63, 3.8) is 0 Å². The maximum Gasteiger partial charge on any atom is 0.387 e. The molecule has 1 heterocycles. The van der Waals surface area contributed by atoms with Crippen LogP contribution in [-0.4, -0.2) is 31.3 Å². The molecule has 3 N–H and O–H groups in total. The highest BCUT2D eigenvalue weighted by molar-refractivity contribution is 5.85.